The molecule has 0 N–H and O–H groups in total. The predicted octanol–water partition coefficient (Wildman–Crippen LogP) is 0.897. The van der Waals surface area contributed by atoms with Crippen LogP contribution < -0.4 is 0 Å². The zero-order chi connectivity index (χ0) is 16.7. The maximum atomic E-state index is 12.6. The molecule has 0 spiro atoms. The first-order valence-corrected chi connectivity index (χ1v) is 9.42. The van der Waals surface area contributed by atoms with Crippen LogP contribution in [0.3, 0.4) is 0 Å². The van der Waals surface area contributed by atoms with E-state index in [2.05, 4.69) is 6.92 Å². The molecule has 4 rings (SSSR count). The van der Waals surface area contributed by atoms with Crippen LogP contribution in [0.25, 0.3) is 0 Å². The highest BCUT2D eigenvalue weighted by Gasteiger charge is 2.45. The van der Waals surface area contributed by atoms with E-state index in [9.17, 15) is 9.59 Å². The molecule has 6 nitrogen and oxygen atoms in total. The van der Waals surface area contributed by atoms with Gasteiger partial charge in [0, 0.05) is 32.1 Å². The van der Waals surface area contributed by atoms with Crippen LogP contribution in [0, 0.1) is 17.8 Å². The monoisotopic (exact) mass is 336 g/mol. The summed E-state index contributed by atoms with van der Waals surface area (Å²) >= 11 is 0. The zero-order valence-electron chi connectivity index (χ0n) is 14.5. The van der Waals surface area contributed by atoms with Crippen molar-refractivity contribution >= 4 is 11.8 Å². The third-order valence-corrected chi connectivity index (χ3v) is 6.18. The first kappa shape index (κ1) is 16.3. The van der Waals surface area contributed by atoms with Crippen molar-refractivity contribution in [3.8, 4) is 0 Å². The lowest BCUT2D eigenvalue weighted by Gasteiger charge is -2.40. The van der Waals surface area contributed by atoms with Gasteiger partial charge in [0.15, 0.2) is 0 Å². The topological polar surface area (TPSA) is 59.1 Å². The second-order valence-electron chi connectivity index (χ2n) is 7.94. The van der Waals surface area contributed by atoms with Crippen LogP contribution in [0.1, 0.15) is 32.6 Å². The molecule has 6 heteroatoms. The lowest BCUT2D eigenvalue weighted by atomic mass is 9.75. The molecule has 3 heterocycles. The number of carbonyl (C=O) groups is 2. The van der Waals surface area contributed by atoms with Crippen molar-refractivity contribution in [1.29, 1.82) is 0 Å². The fourth-order valence-electron chi connectivity index (χ4n) is 4.64. The molecular formula is C18H28N2O4. The average Bonchev–Trinajstić information content (AvgIpc) is 3.01. The Labute approximate surface area is 143 Å². The second kappa shape index (κ2) is 6.64. The summed E-state index contributed by atoms with van der Waals surface area (Å²) in [6.07, 6.45) is 3.55. The highest BCUT2D eigenvalue weighted by atomic mass is 16.5. The molecule has 1 saturated carbocycles. The van der Waals surface area contributed by atoms with Crippen molar-refractivity contribution in [2.45, 2.75) is 44.8 Å². The Morgan fingerprint density at radius 2 is 1.71 bits per heavy atom. The molecule has 0 aromatic carbocycles. The van der Waals surface area contributed by atoms with Gasteiger partial charge < -0.3 is 19.3 Å². The summed E-state index contributed by atoms with van der Waals surface area (Å²) in [6, 6.07) is 0. The zero-order valence-corrected chi connectivity index (χ0v) is 14.5. The number of fused-ring (bicyclic) bond motifs is 1. The minimum absolute atomic E-state index is 0.0372. The van der Waals surface area contributed by atoms with Crippen LogP contribution in [0.5, 0.6) is 0 Å². The summed E-state index contributed by atoms with van der Waals surface area (Å²) in [5.74, 6) is 1.75. The molecule has 4 aliphatic rings. The Morgan fingerprint density at radius 3 is 2.42 bits per heavy atom. The fraction of sp³-hybridized carbons (Fsp3) is 0.889. The molecule has 0 bridgehead atoms. The van der Waals surface area contributed by atoms with Crippen LogP contribution in [0.15, 0.2) is 0 Å². The summed E-state index contributed by atoms with van der Waals surface area (Å²) < 4.78 is 11.4. The van der Waals surface area contributed by atoms with Crippen molar-refractivity contribution in [2.75, 3.05) is 39.4 Å². The molecule has 0 radical (unpaired) electrons. The number of ether oxygens (including phenoxy) is 2. The van der Waals surface area contributed by atoms with Gasteiger partial charge in [0.05, 0.1) is 19.3 Å². The molecule has 3 atom stereocenters. The average molecular weight is 336 g/mol. The molecule has 0 aromatic rings. The number of piperidine rings is 1. The van der Waals surface area contributed by atoms with E-state index in [1.54, 1.807) is 0 Å². The predicted molar refractivity (Wildman–Crippen MR) is 87.3 cm³/mol. The maximum Gasteiger partial charge on any atom is 0.251 e. The molecule has 134 valence electrons. The van der Waals surface area contributed by atoms with E-state index in [1.165, 1.54) is 0 Å². The Balaban J connectivity index is 1.32. The molecule has 3 saturated heterocycles. The van der Waals surface area contributed by atoms with Crippen LogP contribution >= 0.6 is 0 Å². The number of likely N-dealkylation sites (tertiary alicyclic amines) is 1. The van der Waals surface area contributed by atoms with Gasteiger partial charge in [0.2, 0.25) is 5.91 Å². The third kappa shape index (κ3) is 3.06. The number of amides is 2. The number of nitrogens with zero attached hydrogens (tertiary/aromatic N) is 2. The van der Waals surface area contributed by atoms with E-state index in [1.807, 2.05) is 9.80 Å². The van der Waals surface area contributed by atoms with Gasteiger partial charge in [0.1, 0.15) is 6.10 Å². The van der Waals surface area contributed by atoms with E-state index in [4.69, 9.17) is 9.47 Å². The summed E-state index contributed by atoms with van der Waals surface area (Å²) in [4.78, 5) is 29.0. The van der Waals surface area contributed by atoms with Gasteiger partial charge in [0.25, 0.3) is 5.91 Å². The highest BCUT2D eigenvalue weighted by molar-refractivity contribution is 5.82. The summed E-state index contributed by atoms with van der Waals surface area (Å²) in [6.45, 7) is 6.27. The largest absolute Gasteiger partial charge is 0.378 e. The van der Waals surface area contributed by atoms with Crippen LogP contribution in [0.4, 0.5) is 0 Å². The van der Waals surface area contributed by atoms with E-state index < -0.39 is 0 Å². The maximum absolute atomic E-state index is 12.6. The Kier molecular flexibility index (Phi) is 4.52. The molecular weight excluding hydrogens is 308 g/mol. The summed E-state index contributed by atoms with van der Waals surface area (Å²) in [5.41, 5.74) is 0. The second-order valence-corrected chi connectivity index (χ2v) is 7.94. The van der Waals surface area contributed by atoms with E-state index >= 15 is 0 Å². The lowest BCUT2D eigenvalue weighted by Crippen LogP contribution is -2.49. The summed E-state index contributed by atoms with van der Waals surface area (Å²) in [7, 11) is 0. The Morgan fingerprint density at radius 1 is 0.958 bits per heavy atom. The van der Waals surface area contributed by atoms with Crippen LogP contribution in [-0.4, -0.2) is 73.2 Å². The molecule has 0 unspecified atom stereocenters. The quantitative estimate of drug-likeness (QED) is 0.752. The van der Waals surface area contributed by atoms with Gasteiger partial charge in [-0.05, 0) is 37.5 Å². The minimum atomic E-state index is -0.322. The van der Waals surface area contributed by atoms with Gasteiger partial charge in [-0.15, -0.1) is 0 Å². The van der Waals surface area contributed by atoms with Gasteiger partial charge in [-0.3, -0.25) is 9.59 Å². The third-order valence-electron chi connectivity index (χ3n) is 6.18. The van der Waals surface area contributed by atoms with Crippen molar-refractivity contribution in [3.05, 3.63) is 0 Å². The van der Waals surface area contributed by atoms with Crippen LogP contribution in [-0.2, 0) is 19.1 Å². The minimum Gasteiger partial charge on any atom is -0.378 e. The molecule has 24 heavy (non-hydrogen) atoms. The number of hydrogen-bond acceptors (Lipinski definition) is 4. The van der Waals surface area contributed by atoms with Crippen molar-refractivity contribution < 1.29 is 19.1 Å². The smallest absolute Gasteiger partial charge is 0.251 e. The molecule has 4 fully saturated rings. The Bertz CT molecular complexity index is 499. The first-order chi connectivity index (χ1) is 11.6. The highest BCUT2D eigenvalue weighted by Crippen LogP contribution is 2.38. The van der Waals surface area contributed by atoms with Crippen molar-refractivity contribution in [3.63, 3.8) is 0 Å². The lowest BCUT2D eigenvalue weighted by molar-refractivity contribution is -0.150. The molecule has 2 amide bonds. The van der Waals surface area contributed by atoms with E-state index in [0.717, 1.165) is 32.2 Å². The normalized spacial score (nSPS) is 39.3. The Hall–Kier alpha value is -1.14. The van der Waals surface area contributed by atoms with Gasteiger partial charge in [-0.1, -0.05) is 6.92 Å². The van der Waals surface area contributed by atoms with Crippen molar-refractivity contribution in [2.24, 2.45) is 17.8 Å². The first-order valence-electron chi connectivity index (χ1n) is 9.42. The van der Waals surface area contributed by atoms with Crippen molar-refractivity contribution in [1.82, 2.24) is 9.80 Å². The number of carbonyl (C=O) groups excluding carboxylic acids is 2. The number of morpholine rings is 1. The molecule has 3 aliphatic heterocycles. The SMILES string of the molecule is CC1CC(C(=O)N2CC[C@H]3C[C@H](C(=O)N4CCOCC4)O[C@H]3C2)C1. The molecule has 0 aromatic heterocycles. The van der Waals surface area contributed by atoms with E-state index in [0.29, 0.717) is 50.6 Å². The summed E-state index contributed by atoms with van der Waals surface area (Å²) in [5, 5.41) is 0. The van der Waals surface area contributed by atoms with E-state index in [-0.39, 0.29) is 24.0 Å². The van der Waals surface area contributed by atoms with Crippen LogP contribution in [0.2, 0.25) is 0 Å². The standard InChI is InChI=1S/C18H28N2O4/c1-12-8-14(9-12)17(21)20-3-2-13-10-15(24-16(13)11-20)18(22)19-4-6-23-7-5-19/h12-16H,2-11H2,1H3/t12?,13-,14?,15+,16-/m0/s1. The van der Waals surface area contributed by atoms with Gasteiger partial charge >= 0.3 is 0 Å². The number of rotatable bonds is 2. The molecule has 1 aliphatic carbocycles. The van der Waals surface area contributed by atoms with Gasteiger partial charge in [-0.2, -0.15) is 0 Å². The number of hydrogen-bond donors (Lipinski definition) is 0. The van der Waals surface area contributed by atoms with Gasteiger partial charge in [-0.25, -0.2) is 0 Å². The fourth-order valence-corrected chi connectivity index (χ4v) is 4.64.